The zero-order valence-corrected chi connectivity index (χ0v) is 24.0. The molecule has 0 aliphatic carbocycles. The van der Waals surface area contributed by atoms with Gasteiger partial charge in [0.1, 0.15) is 12.4 Å². The summed E-state index contributed by atoms with van der Waals surface area (Å²) in [6.07, 6.45) is 37.3. The highest BCUT2D eigenvalue weighted by molar-refractivity contribution is 4.90. The number of aromatic amines is 1. The van der Waals surface area contributed by atoms with Gasteiger partial charge >= 0.3 is 0 Å². The number of aromatic nitrogens is 2. The zero-order chi connectivity index (χ0) is 24.7. The van der Waals surface area contributed by atoms with Crippen LogP contribution in [-0.4, -0.2) is 4.98 Å². The van der Waals surface area contributed by atoms with Gasteiger partial charge in [0.2, 0.25) is 0 Å². The second kappa shape index (κ2) is 22.7. The minimum absolute atomic E-state index is 0.550. The van der Waals surface area contributed by atoms with E-state index in [2.05, 4.69) is 49.6 Å². The monoisotopic (exact) mass is 475 g/mol. The van der Waals surface area contributed by atoms with Gasteiger partial charge in [-0.3, -0.25) is 0 Å². The van der Waals surface area contributed by atoms with Crippen molar-refractivity contribution >= 4 is 0 Å². The molecule has 1 rings (SSSR count). The van der Waals surface area contributed by atoms with E-state index in [9.17, 15) is 0 Å². The predicted molar refractivity (Wildman–Crippen MR) is 152 cm³/mol. The predicted octanol–water partition coefficient (Wildman–Crippen LogP) is 11.0. The molecule has 0 bridgehead atoms. The van der Waals surface area contributed by atoms with Crippen LogP contribution in [0.25, 0.3) is 0 Å². The molecular formula is C32H63N2+. The molecule has 2 nitrogen and oxygen atoms in total. The third kappa shape index (κ3) is 16.0. The van der Waals surface area contributed by atoms with E-state index in [0.29, 0.717) is 12.0 Å². The molecule has 0 spiro atoms. The van der Waals surface area contributed by atoms with Crippen molar-refractivity contribution in [1.29, 1.82) is 0 Å². The summed E-state index contributed by atoms with van der Waals surface area (Å²) in [5.41, 5.74) is 0. The molecule has 200 valence electrons. The fourth-order valence-corrected chi connectivity index (χ4v) is 5.49. The van der Waals surface area contributed by atoms with Crippen molar-refractivity contribution in [3.05, 3.63) is 18.2 Å². The Bertz CT molecular complexity index is 533. The minimum atomic E-state index is 0.550. The first-order valence-corrected chi connectivity index (χ1v) is 15.8. The van der Waals surface area contributed by atoms with Crippen molar-refractivity contribution in [3.8, 4) is 0 Å². The Balaban J connectivity index is 2.13. The number of H-pyrrole nitrogens is 1. The maximum Gasteiger partial charge on any atom is 0.257 e. The van der Waals surface area contributed by atoms with Crippen molar-refractivity contribution in [2.45, 2.75) is 187 Å². The molecule has 0 saturated carbocycles. The Morgan fingerprint density at radius 3 is 1.26 bits per heavy atom. The summed E-state index contributed by atoms with van der Waals surface area (Å²) in [6, 6.07) is 0.550. The standard InChI is InChI=1S/C32H62N2/c1-5-7-9-11-13-14-15-16-17-18-19-20-21-23-25-27-31(26-24-22-12-10-8-6-2)32-33-28-29-34(32)30(3)4/h28-31H,5-27H2,1-4H3/p+1/t31-/m0/s1. The summed E-state index contributed by atoms with van der Waals surface area (Å²) in [5, 5.41) is 0. The first-order valence-electron chi connectivity index (χ1n) is 15.8. The summed E-state index contributed by atoms with van der Waals surface area (Å²) in [4.78, 5) is 3.61. The second-order valence-electron chi connectivity index (χ2n) is 11.3. The van der Waals surface area contributed by atoms with Crippen LogP contribution in [0, 0.1) is 0 Å². The summed E-state index contributed by atoms with van der Waals surface area (Å²) >= 11 is 0. The van der Waals surface area contributed by atoms with Crippen LogP contribution in [0.15, 0.2) is 12.4 Å². The lowest BCUT2D eigenvalue weighted by atomic mass is 9.93. The van der Waals surface area contributed by atoms with Crippen LogP contribution in [0.1, 0.15) is 193 Å². The van der Waals surface area contributed by atoms with Crippen molar-refractivity contribution in [3.63, 3.8) is 0 Å². The molecule has 1 aromatic rings. The van der Waals surface area contributed by atoms with Gasteiger partial charge in [-0.2, -0.15) is 0 Å². The highest BCUT2D eigenvalue weighted by atomic mass is 15.1. The van der Waals surface area contributed by atoms with Crippen LogP contribution in [0.4, 0.5) is 0 Å². The molecule has 1 heterocycles. The third-order valence-corrected chi connectivity index (χ3v) is 7.75. The van der Waals surface area contributed by atoms with Crippen LogP contribution in [-0.2, 0) is 0 Å². The van der Waals surface area contributed by atoms with Gasteiger partial charge in [0, 0.05) is 0 Å². The first-order chi connectivity index (χ1) is 16.7. The van der Waals surface area contributed by atoms with Gasteiger partial charge in [-0.05, 0) is 26.7 Å². The van der Waals surface area contributed by atoms with Crippen LogP contribution in [0.3, 0.4) is 0 Å². The van der Waals surface area contributed by atoms with Crippen LogP contribution in [0.5, 0.6) is 0 Å². The van der Waals surface area contributed by atoms with Crippen LogP contribution < -0.4 is 4.57 Å². The van der Waals surface area contributed by atoms with E-state index in [-0.39, 0.29) is 0 Å². The first kappa shape index (κ1) is 31.2. The van der Waals surface area contributed by atoms with E-state index in [1.165, 1.54) is 154 Å². The molecule has 0 unspecified atom stereocenters. The molecule has 0 fully saturated rings. The average Bonchev–Trinajstić information content (AvgIpc) is 3.32. The molecule has 1 atom stereocenters. The minimum Gasteiger partial charge on any atom is -0.247 e. The number of unbranched alkanes of at least 4 members (excludes halogenated alkanes) is 19. The van der Waals surface area contributed by atoms with Gasteiger partial charge in [-0.15, -0.1) is 0 Å². The lowest BCUT2D eigenvalue weighted by Crippen LogP contribution is -2.39. The fourth-order valence-electron chi connectivity index (χ4n) is 5.49. The highest BCUT2D eigenvalue weighted by Crippen LogP contribution is 2.26. The van der Waals surface area contributed by atoms with Gasteiger partial charge in [0.15, 0.2) is 0 Å². The van der Waals surface area contributed by atoms with E-state index in [0.717, 1.165) is 0 Å². The molecule has 0 radical (unpaired) electrons. The number of hydrogen-bond donors (Lipinski definition) is 1. The molecule has 1 aromatic heterocycles. The van der Waals surface area contributed by atoms with Gasteiger partial charge in [-0.1, -0.05) is 149 Å². The molecular weight excluding hydrogens is 412 g/mol. The Morgan fingerprint density at radius 1 is 0.559 bits per heavy atom. The Hall–Kier alpha value is -0.790. The Kier molecular flexibility index (Phi) is 20.8. The topological polar surface area (TPSA) is 19.7 Å². The van der Waals surface area contributed by atoms with E-state index < -0.39 is 0 Å². The summed E-state index contributed by atoms with van der Waals surface area (Å²) in [7, 11) is 0. The third-order valence-electron chi connectivity index (χ3n) is 7.75. The smallest absolute Gasteiger partial charge is 0.247 e. The second-order valence-corrected chi connectivity index (χ2v) is 11.3. The van der Waals surface area contributed by atoms with E-state index >= 15 is 0 Å². The van der Waals surface area contributed by atoms with Crippen molar-refractivity contribution < 1.29 is 4.57 Å². The SMILES string of the molecule is CCCCCCCCCCCCCCCCC[C@H](CCCCCCCC)c1[nH]cc[n+]1C(C)C. The average molecular weight is 476 g/mol. The number of imidazole rings is 1. The maximum atomic E-state index is 3.61. The molecule has 1 N–H and O–H groups in total. The summed E-state index contributed by atoms with van der Waals surface area (Å²) in [5.74, 6) is 2.19. The van der Waals surface area contributed by atoms with Crippen molar-refractivity contribution in [2.75, 3.05) is 0 Å². The van der Waals surface area contributed by atoms with Crippen LogP contribution in [0.2, 0.25) is 0 Å². The summed E-state index contributed by atoms with van der Waals surface area (Å²) < 4.78 is 2.48. The lowest BCUT2D eigenvalue weighted by molar-refractivity contribution is -0.723. The molecule has 0 amide bonds. The number of nitrogens with zero attached hydrogens (tertiary/aromatic N) is 1. The Labute approximate surface area is 215 Å². The molecule has 34 heavy (non-hydrogen) atoms. The zero-order valence-electron chi connectivity index (χ0n) is 24.0. The fraction of sp³-hybridized carbons (Fsp3) is 0.906. The molecule has 0 saturated heterocycles. The van der Waals surface area contributed by atoms with Gasteiger partial charge in [0.05, 0.1) is 12.0 Å². The largest absolute Gasteiger partial charge is 0.257 e. The highest BCUT2D eigenvalue weighted by Gasteiger charge is 2.23. The van der Waals surface area contributed by atoms with E-state index in [4.69, 9.17) is 0 Å². The van der Waals surface area contributed by atoms with Gasteiger partial charge in [0.25, 0.3) is 5.82 Å². The quantitative estimate of drug-likeness (QED) is 0.107. The number of hydrogen-bond acceptors (Lipinski definition) is 0. The number of rotatable bonds is 25. The van der Waals surface area contributed by atoms with Gasteiger partial charge in [-0.25, -0.2) is 9.55 Å². The number of nitrogens with one attached hydrogen (secondary N) is 1. The van der Waals surface area contributed by atoms with Crippen molar-refractivity contribution in [2.24, 2.45) is 0 Å². The molecule has 0 aliphatic rings. The van der Waals surface area contributed by atoms with Crippen molar-refractivity contribution in [1.82, 2.24) is 4.98 Å². The molecule has 0 aliphatic heterocycles. The lowest BCUT2D eigenvalue weighted by Gasteiger charge is -2.15. The molecule has 2 heteroatoms. The Morgan fingerprint density at radius 2 is 0.912 bits per heavy atom. The van der Waals surface area contributed by atoms with Gasteiger partial charge < -0.3 is 0 Å². The molecule has 0 aromatic carbocycles. The van der Waals surface area contributed by atoms with E-state index in [1.807, 2.05) is 0 Å². The van der Waals surface area contributed by atoms with Crippen LogP contribution >= 0.6 is 0 Å². The maximum absolute atomic E-state index is 3.61. The summed E-state index contributed by atoms with van der Waals surface area (Å²) in [6.45, 7) is 9.24. The van der Waals surface area contributed by atoms with E-state index in [1.54, 1.807) is 0 Å². The normalized spacial score (nSPS) is 12.6.